The van der Waals surface area contributed by atoms with Gasteiger partial charge in [-0.1, -0.05) is 29.3 Å². The van der Waals surface area contributed by atoms with Crippen LogP contribution in [0.15, 0.2) is 43.0 Å². The van der Waals surface area contributed by atoms with Gasteiger partial charge in [-0.2, -0.15) is 0 Å². The van der Waals surface area contributed by atoms with Gasteiger partial charge in [0.05, 0.1) is 0 Å². The molecule has 0 spiro atoms. The summed E-state index contributed by atoms with van der Waals surface area (Å²) in [5.41, 5.74) is -0.995. The monoisotopic (exact) mass is 466 g/mol. The number of alkyl halides is 4. The van der Waals surface area contributed by atoms with Crippen molar-refractivity contribution in [2.45, 2.75) is 49.8 Å². The molecular formula is C22H22ClF3N4O2. The molecule has 1 heterocycles. The number of halogens is 4. The molecule has 170 valence electrons. The molecule has 2 bridgehead atoms. The van der Waals surface area contributed by atoms with Crippen LogP contribution in [-0.2, 0) is 9.59 Å². The van der Waals surface area contributed by atoms with Crippen LogP contribution in [0.5, 0.6) is 0 Å². The number of rotatable bonds is 6. The van der Waals surface area contributed by atoms with Crippen LogP contribution in [0.4, 0.5) is 18.9 Å². The van der Waals surface area contributed by atoms with Crippen LogP contribution in [0.3, 0.4) is 0 Å². The molecule has 2 aliphatic rings. The summed E-state index contributed by atoms with van der Waals surface area (Å²) in [6.07, 6.45) is 4.17. The number of benzene rings is 1. The fourth-order valence-corrected chi connectivity index (χ4v) is 4.84. The van der Waals surface area contributed by atoms with Gasteiger partial charge in [-0.25, -0.2) is 23.1 Å². The predicted octanol–water partition coefficient (Wildman–Crippen LogP) is 3.94. The maximum absolute atomic E-state index is 14.0. The zero-order valence-corrected chi connectivity index (χ0v) is 18.0. The van der Waals surface area contributed by atoms with Crippen molar-refractivity contribution in [2.24, 2.45) is 11.8 Å². The standard InChI is InChI=1S/C22H22ClF3N4O2/c1-12-2-4-16(5-3-12)30(21(32)19(23)24)18(14-9-27-11-28-10-14)20(31)29-17-7-15-6-13(17)8-22(15,25)26/h2-5,9-11,13,15,17-19H,6-8H2,1H3,(H,29,31)/t13?,15?,17-,18-,19-/m0/s1. The Hall–Kier alpha value is -2.68. The lowest BCUT2D eigenvalue weighted by Crippen LogP contribution is -2.50. The lowest BCUT2D eigenvalue weighted by molar-refractivity contribution is -0.128. The Kier molecular flexibility index (Phi) is 6.11. The second-order valence-electron chi connectivity index (χ2n) is 8.43. The summed E-state index contributed by atoms with van der Waals surface area (Å²) in [5.74, 6) is -5.60. The van der Waals surface area contributed by atoms with E-state index >= 15 is 0 Å². The van der Waals surface area contributed by atoms with E-state index in [4.69, 9.17) is 11.6 Å². The Morgan fingerprint density at radius 3 is 2.38 bits per heavy atom. The van der Waals surface area contributed by atoms with Crippen molar-refractivity contribution in [3.05, 3.63) is 54.1 Å². The number of carbonyl (C=O) groups is 2. The van der Waals surface area contributed by atoms with E-state index in [0.29, 0.717) is 6.42 Å². The molecule has 0 radical (unpaired) electrons. The minimum atomic E-state index is -2.72. The first kappa shape index (κ1) is 22.5. The molecule has 0 saturated heterocycles. The number of hydrogen-bond donors (Lipinski definition) is 1. The van der Waals surface area contributed by atoms with E-state index in [-0.39, 0.29) is 30.0 Å². The Labute approximate surface area is 188 Å². The average Bonchev–Trinajstić information content (AvgIpc) is 3.28. The van der Waals surface area contributed by atoms with E-state index in [1.165, 1.54) is 18.7 Å². The van der Waals surface area contributed by atoms with Crippen LogP contribution in [-0.4, -0.2) is 39.4 Å². The highest BCUT2D eigenvalue weighted by Gasteiger charge is 2.57. The number of anilines is 1. The highest BCUT2D eigenvalue weighted by Crippen LogP contribution is 2.53. The van der Waals surface area contributed by atoms with Crippen molar-refractivity contribution in [3.63, 3.8) is 0 Å². The number of carbonyl (C=O) groups excluding carboxylic acids is 2. The number of hydrogen-bond acceptors (Lipinski definition) is 4. The molecule has 1 aromatic carbocycles. The molecule has 1 aromatic heterocycles. The van der Waals surface area contributed by atoms with E-state index in [1.807, 2.05) is 6.92 Å². The molecule has 2 aromatic rings. The van der Waals surface area contributed by atoms with Crippen LogP contribution < -0.4 is 10.2 Å². The van der Waals surface area contributed by atoms with Crippen molar-refractivity contribution in [1.29, 1.82) is 0 Å². The summed E-state index contributed by atoms with van der Waals surface area (Å²) in [6, 6.07) is 4.80. The first-order valence-electron chi connectivity index (χ1n) is 10.3. The van der Waals surface area contributed by atoms with Crippen molar-refractivity contribution in [1.82, 2.24) is 15.3 Å². The molecule has 0 aliphatic heterocycles. The van der Waals surface area contributed by atoms with Gasteiger partial charge in [-0.3, -0.25) is 14.5 Å². The maximum atomic E-state index is 14.0. The molecule has 10 heteroatoms. The molecule has 2 unspecified atom stereocenters. The van der Waals surface area contributed by atoms with Gasteiger partial charge in [0.1, 0.15) is 12.4 Å². The number of aryl methyl sites for hydroxylation is 1. The van der Waals surface area contributed by atoms with E-state index < -0.39 is 41.4 Å². The SMILES string of the molecule is Cc1ccc(N(C(=O)[C@H](F)Cl)[C@H](C(=O)N[C@H]2CC3CC2CC3(F)F)c2cncnc2)cc1. The van der Waals surface area contributed by atoms with Crippen molar-refractivity contribution >= 4 is 29.1 Å². The zero-order valence-electron chi connectivity index (χ0n) is 17.2. The molecule has 2 saturated carbocycles. The van der Waals surface area contributed by atoms with Gasteiger partial charge >= 0.3 is 0 Å². The molecule has 4 rings (SSSR count). The number of fused-ring (bicyclic) bond motifs is 2. The molecule has 1 N–H and O–H groups in total. The maximum Gasteiger partial charge on any atom is 0.278 e. The predicted molar refractivity (Wildman–Crippen MR) is 112 cm³/mol. The second kappa shape index (κ2) is 8.69. The fourth-order valence-electron chi connectivity index (χ4n) is 4.73. The van der Waals surface area contributed by atoms with E-state index in [9.17, 15) is 22.8 Å². The van der Waals surface area contributed by atoms with Gasteiger partial charge in [0, 0.05) is 42.0 Å². The van der Waals surface area contributed by atoms with Crippen LogP contribution >= 0.6 is 11.6 Å². The van der Waals surface area contributed by atoms with Gasteiger partial charge in [-0.05, 0) is 37.8 Å². The molecule has 2 amide bonds. The van der Waals surface area contributed by atoms with Crippen LogP contribution in [0.2, 0.25) is 0 Å². The molecular weight excluding hydrogens is 445 g/mol. The van der Waals surface area contributed by atoms with Gasteiger partial charge in [0.15, 0.2) is 0 Å². The third-order valence-electron chi connectivity index (χ3n) is 6.29. The van der Waals surface area contributed by atoms with Crippen molar-refractivity contribution in [3.8, 4) is 0 Å². The summed E-state index contributed by atoms with van der Waals surface area (Å²) in [5, 5.41) is 2.81. The van der Waals surface area contributed by atoms with E-state index in [2.05, 4.69) is 15.3 Å². The quantitative estimate of drug-likeness (QED) is 0.654. The number of nitrogens with one attached hydrogen (secondary N) is 1. The topological polar surface area (TPSA) is 75.2 Å². The summed E-state index contributed by atoms with van der Waals surface area (Å²) >= 11 is 5.49. The molecule has 5 atom stereocenters. The molecule has 32 heavy (non-hydrogen) atoms. The first-order valence-corrected chi connectivity index (χ1v) is 10.7. The highest BCUT2D eigenvalue weighted by molar-refractivity contribution is 6.32. The van der Waals surface area contributed by atoms with Gasteiger partial charge in [-0.15, -0.1) is 0 Å². The fraction of sp³-hybridized carbons (Fsp3) is 0.455. The number of nitrogens with zero attached hydrogens (tertiary/aromatic N) is 3. The van der Waals surface area contributed by atoms with Crippen LogP contribution in [0.1, 0.15) is 36.4 Å². The van der Waals surface area contributed by atoms with Crippen LogP contribution in [0.25, 0.3) is 0 Å². The first-order chi connectivity index (χ1) is 15.2. The highest BCUT2D eigenvalue weighted by atomic mass is 35.5. The van der Waals surface area contributed by atoms with E-state index in [0.717, 1.165) is 10.5 Å². The van der Waals surface area contributed by atoms with Gasteiger partial charge in [0.25, 0.3) is 17.5 Å². The number of amides is 2. The number of aromatic nitrogens is 2. The average molecular weight is 467 g/mol. The minimum absolute atomic E-state index is 0.154. The Balaban J connectivity index is 1.68. The molecule has 2 fully saturated rings. The lowest BCUT2D eigenvalue weighted by atomic mass is 9.92. The molecule has 6 nitrogen and oxygen atoms in total. The van der Waals surface area contributed by atoms with Crippen molar-refractivity contribution < 1.29 is 22.8 Å². The largest absolute Gasteiger partial charge is 0.351 e. The van der Waals surface area contributed by atoms with Gasteiger partial charge in [0.2, 0.25) is 5.91 Å². The minimum Gasteiger partial charge on any atom is -0.351 e. The Morgan fingerprint density at radius 1 is 1.19 bits per heavy atom. The lowest BCUT2D eigenvalue weighted by Gasteiger charge is -2.34. The zero-order chi connectivity index (χ0) is 23.0. The van der Waals surface area contributed by atoms with Gasteiger partial charge < -0.3 is 5.32 Å². The smallest absolute Gasteiger partial charge is 0.278 e. The van der Waals surface area contributed by atoms with E-state index in [1.54, 1.807) is 24.3 Å². The Morgan fingerprint density at radius 2 is 1.84 bits per heavy atom. The summed E-state index contributed by atoms with van der Waals surface area (Å²) in [4.78, 5) is 35.0. The van der Waals surface area contributed by atoms with Crippen LogP contribution in [0, 0.1) is 18.8 Å². The van der Waals surface area contributed by atoms with Crippen molar-refractivity contribution in [2.75, 3.05) is 4.90 Å². The summed E-state index contributed by atoms with van der Waals surface area (Å²) in [6.45, 7) is 1.84. The molecule has 2 aliphatic carbocycles. The third kappa shape index (κ3) is 4.30. The normalized spacial score (nSPS) is 25.2. The third-order valence-corrected chi connectivity index (χ3v) is 6.48. The second-order valence-corrected chi connectivity index (χ2v) is 8.81. The Bertz CT molecular complexity index is 990. The summed E-state index contributed by atoms with van der Waals surface area (Å²) < 4.78 is 41.8. The summed E-state index contributed by atoms with van der Waals surface area (Å²) in [7, 11) is 0.